The Morgan fingerprint density at radius 2 is 1.95 bits per heavy atom. The van der Waals surface area contributed by atoms with E-state index in [1.807, 2.05) is 31.3 Å². The Morgan fingerprint density at radius 3 is 2.65 bits per heavy atom. The molecule has 0 amide bonds. The maximum absolute atomic E-state index is 5.96. The second kappa shape index (κ2) is 6.78. The summed E-state index contributed by atoms with van der Waals surface area (Å²) in [6.07, 6.45) is 0. The van der Waals surface area contributed by atoms with E-state index >= 15 is 0 Å². The maximum Gasteiger partial charge on any atom is 0.120 e. The van der Waals surface area contributed by atoms with Gasteiger partial charge in [0.2, 0.25) is 0 Å². The van der Waals surface area contributed by atoms with Crippen LogP contribution in [0.5, 0.6) is 5.75 Å². The molecule has 1 atom stereocenters. The van der Waals surface area contributed by atoms with E-state index in [1.54, 1.807) is 0 Å². The Balaban J connectivity index is 2.11. The molecule has 0 saturated carbocycles. The number of likely N-dealkylation sites (N-methyl/N-ethyl adjacent to an activating group) is 1. The largest absolute Gasteiger partial charge is 0.492 e. The van der Waals surface area contributed by atoms with Crippen LogP contribution in [-0.4, -0.2) is 13.7 Å². The molecule has 0 fully saturated rings. The molecule has 2 aromatic rings. The molecule has 0 aliphatic heterocycles. The van der Waals surface area contributed by atoms with Gasteiger partial charge in [-0.1, -0.05) is 41.4 Å². The summed E-state index contributed by atoms with van der Waals surface area (Å²) in [5, 5.41) is 4.00. The van der Waals surface area contributed by atoms with Crippen molar-refractivity contribution < 1.29 is 4.74 Å². The van der Waals surface area contributed by atoms with Gasteiger partial charge in [0.05, 0.1) is 6.04 Å². The van der Waals surface area contributed by atoms with Crippen LogP contribution in [0.3, 0.4) is 0 Å². The number of halogens is 1. The molecule has 2 nitrogen and oxygen atoms in total. The second-order valence-electron chi connectivity index (χ2n) is 4.97. The highest BCUT2D eigenvalue weighted by molar-refractivity contribution is 6.30. The fourth-order valence-electron chi connectivity index (χ4n) is 2.20. The van der Waals surface area contributed by atoms with Crippen molar-refractivity contribution in [3.8, 4) is 5.75 Å². The van der Waals surface area contributed by atoms with Gasteiger partial charge in [0.15, 0.2) is 0 Å². The summed E-state index contributed by atoms with van der Waals surface area (Å²) in [5.41, 5.74) is 3.80. The molecule has 0 aliphatic rings. The van der Waals surface area contributed by atoms with Crippen LogP contribution in [0.15, 0.2) is 42.5 Å². The molecule has 0 saturated heterocycles. The smallest absolute Gasteiger partial charge is 0.120 e. The average Bonchev–Trinajstić information content (AvgIpc) is 2.43. The summed E-state index contributed by atoms with van der Waals surface area (Å²) >= 11 is 5.96. The lowest BCUT2D eigenvalue weighted by Crippen LogP contribution is -2.24. The van der Waals surface area contributed by atoms with Gasteiger partial charge in [0.1, 0.15) is 12.4 Å². The molecular weight excluding hydrogens is 270 g/mol. The number of ether oxygens (including phenoxy) is 1. The van der Waals surface area contributed by atoms with Gasteiger partial charge in [-0.05, 0) is 50.2 Å². The molecule has 2 aromatic carbocycles. The molecule has 0 bridgehead atoms. The summed E-state index contributed by atoms with van der Waals surface area (Å²) in [7, 11) is 1.95. The summed E-state index contributed by atoms with van der Waals surface area (Å²) < 4.78 is 5.84. The van der Waals surface area contributed by atoms with Crippen LogP contribution < -0.4 is 10.1 Å². The highest BCUT2D eigenvalue weighted by atomic mass is 35.5. The van der Waals surface area contributed by atoms with E-state index in [9.17, 15) is 0 Å². The number of aryl methyl sites for hydroxylation is 2. The number of hydrogen-bond acceptors (Lipinski definition) is 2. The van der Waals surface area contributed by atoms with E-state index in [0.29, 0.717) is 11.6 Å². The molecule has 106 valence electrons. The normalized spacial score (nSPS) is 12.2. The molecule has 1 N–H and O–H groups in total. The lowest BCUT2D eigenvalue weighted by molar-refractivity contribution is 0.272. The van der Waals surface area contributed by atoms with Gasteiger partial charge in [-0.15, -0.1) is 0 Å². The molecule has 3 heteroatoms. The van der Waals surface area contributed by atoms with Gasteiger partial charge < -0.3 is 10.1 Å². The predicted octanol–water partition coefficient (Wildman–Crippen LogP) is 4.30. The third kappa shape index (κ3) is 3.75. The van der Waals surface area contributed by atoms with Crippen molar-refractivity contribution in [2.75, 3.05) is 13.7 Å². The minimum absolute atomic E-state index is 0.161. The fourth-order valence-corrected chi connectivity index (χ4v) is 2.38. The first kappa shape index (κ1) is 14.9. The molecular formula is C17H20ClNO. The lowest BCUT2D eigenvalue weighted by Gasteiger charge is -2.20. The number of rotatable bonds is 5. The Hall–Kier alpha value is -1.51. The number of hydrogen-bond donors (Lipinski definition) is 1. The van der Waals surface area contributed by atoms with Gasteiger partial charge in [-0.2, -0.15) is 0 Å². The van der Waals surface area contributed by atoms with Crippen LogP contribution in [-0.2, 0) is 0 Å². The zero-order chi connectivity index (χ0) is 14.5. The van der Waals surface area contributed by atoms with Gasteiger partial charge in [0.25, 0.3) is 0 Å². The van der Waals surface area contributed by atoms with Crippen LogP contribution in [0.25, 0.3) is 0 Å². The van der Waals surface area contributed by atoms with Crippen molar-refractivity contribution in [2.45, 2.75) is 19.9 Å². The standard InChI is InChI=1S/C17H20ClNO/c1-12-7-8-13(2)16(9-12)17(19-3)11-20-15-6-4-5-14(18)10-15/h4-10,17,19H,11H2,1-3H3. The van der Waals surface area contributed by atoms with E-state index < -0.39 is 0 Å². The van der Waals surface area contributed by atoms with Crippen LogP contribution in [0.1, 0.15) is 22.7 Å². The first-order valence-electron chi connectivity index (χ1n) is 6.73. The maximum atomic E-state index is 5.96. The Morgan fingerprint density at radius 1 is 1.15 bits per heavy atom. The van der Waals surface area contributed by atoms with Crippen molar-refractivity contribution in [1.82, 2.24) is 5.32 Å². The minimum atomic E-state index is 0.161. The highest BCUT2D eigenvalue weighted by Gasteiger charge is 2.13. The van der Waals surface area contributed by atoms with E-state index in [4.69, 9.17) is 16.3 Å². The molecule has 0 aromatic heterocycles. The lowest BCUT2D eigenvalue weighted by atomic mass is 9.99. The molecule has 0 spiro atoms. The zero-order valence-electron chi connectivity index (χ0n) is 12.1. The van der Waals surface area contributed by atoms with Gasteiger partial charge in [-0.25, -0.2) is 0 Å². The predicted molar refractivity (Wildman–Crippen MR) is 84.7 cm³/mol. The monoisotopic (exact) mass is 289 g/mol. The summed E-state index contributed by atoms with van der Waals surface area (Å²) in [4.78, 5) is 0. The summed E-state index contributed by atoms with van der Waals surface area (Å²) in [5.74, 6) is 0.794. The van der Waals surface area contributed by atoms with Crippen molar-refractivity contribution in [3.05, 3.63) is 64.2 Å². The zero-order valence-corrected chi connectivity index (χ0v) is 12.9. The van der Waals surface area contributed by atoms with Gasteiger partial charge in [0, 0.05) is 5.02 Å². The third-order valence-electron chi connectivity index (χ3n) is 3.37. The highest BCUT2D eigenvalue weighted by Crippen LogP contribution is 2.22. The first-order valence-corrected chi connectivity index (χ1v) is 7.10. The fraction of sp³-hybridized carbons (Fsp3) is 0.294. The van der Waals surface area contributed by atoms with Crippen molar-refractivity contribution >= 4 is 11.6 Å². The van der Waals surface area contributed by atoms with Crippen molar-refractivity contribution in [3.63, 3.8) is 0 Å². The second-order valence-corrected chi connectivity index (χ2v) is 5.41. The SMILES string of the molecule is CNC(COc1cccc(Cl)c1)c1cc(C)ccc1C. The number of benzene rings is 2. The van der Waals surface area contributed by atoms with Gasteiger partial charge >= 0.3 is 0 Å². The Labute approximate surface area is 125 Å². The minimum Gasteiger partial charge on any atom is -0.492 e. The molecule has 20 heavy (non-hydrogen) atoms. The molecule has 0 aliphatic carbocycles. The average molecular weight is 290 g/mol. The third-order valence-corrected chi connectivity index (χ3v) is 3.61. The van der Waals surface area contributed by atoms with Crippen molar-refractivity contribution in [2.24, 2.45) is 0 Å². The molecule has 0 heterocycles. The number of nitrogens with one attached hydrogen (secondary N) is 1. The van der Waals surface area contributed by atoms with Crippen LogP contribution in [0.4, 0.5) is 0 Å². The van der Waals surface area contributed by atoms with E-state index in [-0.39, 0.29) is 6.04 Å². The van der Waals surface area contributed by atoms with Crippen molar-refractivity contribution in [1.29, 1.82) is 0 Å². The summed E-state index contributed by atoms with van der Waals surface area (Å²) in [6.45, 7) is 4.80. The summed E-state index contributed by atoms with van der Waals surface area (Å²) in [6, 6.07) is 14.1. The first-order chi connectivity index (χ1) is 9.60. The van der Waals surface area contributed by atoms with E-state index in [2.05, 4.69) is 37.4 Å². The van der Waals surface area contributed by atoms with E-state index in [0.717, 1.165) is 5.75 Å². The van der Waals surface area contributed by atoms with E-state index in [1.165, 1.54) is 16.7 Å². The Kier molecular flexibility index (Phi) is 5.05. The van der Waals surface area contributed by atoms with Crippen LogP contribution >= 0.6 is 11.6 Å². The topological polar surface area (TPSA) is 21.3 Å². The van der Waals surface area contributed by atoms with Crippen LogP contribution in [0, 0.1) is 13.8 Å². The van der Waals surface area contributed by atoms with Crippen LogP contribution in [0.2, 0.25) is 5.02 Å². The quantitative estimate of drug-likeness (QED) is 0.886. The molecule has 1 unspecified atom stereocenters. The Bertz CT molecular complexity index is 583. The van der Waals surface area contributed by atoms with Gasteiger partial charge in [-0.3, -0.25) is 0 Å². The molecule has 0 radical (unpaired) electrons. The molecule has 2 rings (SSSR count).